The molecule has 36 heavy (non-hydrogen) atoms. The molecular weight excluding hydrogens is 504 g/mol. The molecule has 0 bridgehead atoms. The SMILES string of the molecule is [N-]=[N+]=Nc1c(F)c(F)c(C(=O)NCCOCCOCCO[C@@H]2OC(CO)[C@@H](O)[C@H](O)C2O)c(F)c1F. The number of azide groups is 1. The highest BCUT2D eigenvalue weighted by atomic mass is 19.2. The molecule has 0 radical (unpaired) electrons. The van der Waals surface area contributed by atoms with Crippen LogP contribution in [-0.4, -0.2) is 103 Å². The number of carbonyl (C=O) groups is 1. The summed E-state index contributed by atoms with van der Waals surface area (Å²) in [6.45, 7) is -1.03. The highest BCUT2D eigenvalue weighted by Gasteiger charge is 2.43. The molecule has 1 aliphatic rings. The maximum absolute atomic E-state index is 13.9. The fraction of sp³-hybridized carbons (Fsp3) is 0.632. The zero-order valence-corrected chi connectivity index (χ0v) is 18.5. The highest BCUT2D eigenvalue weighted by molar-refractivity contribution is 5.95. The minimum Gasteiger partial charge on any atom is -0.394 e. The normalized spacial score (nSPS) is 23.8. The average molecular weight is 528 g/mol. The van der Waals surface area contributed by atoms with Gasteiger partial charge < -0.3 is 44.7 Å². The summed E-state index contributed by atoms with van der Waals surface area (Å²) in [4.78, 5) is 14.0. The van der Waals surface area contributed by atoms with Gasteiger partial charge in [-0.05, 0) is 5.53 Å². The van der Waals surface area contributed by atoms with Crippen molar-refractivity contribution in [1.82, 2.24) is 5.32 Å². The number of amides is 1. The van der Waals surface area contributed by atoms with Crippen LogP contribution in [0.1, 0.15) is 10.4 Å². The second-order valence-electron chi connectivity index (χ2n) is 7.22. The van der Waals surface area contributed by atoms with Crippen LogP contribution in [0.2, 0.25) is 0 Å². The summed E-state index contributed by atoms with van der Waals surface area (Å²) < 4.78 is 76.0. The third-order valence-electron chi connectivity index (χ3n) is 4.87. The predicted molar refractivity (Wildman–Crippen MR) is 109 cm³/mol. The van der Waals surface area contributed by atoms with Gasteiger partial charge in [0.05, 0.1) is 39.6 Å². The van der Waals surface area contributed by atoms with Crippen LogP contribution < -0.4 is 5.32 Å². The number of halogens is 4. The van der Waals surface area contributed by atoms with E-state index in [1.54, 1.807) is 0 Å². The standard InChI is InChI=1S/C19H24F4N4O9/c20-10-9(11(21)13(23)14(12(10)22)26-27-24)18(32)25-1-2-33-3-4-34-5-6-35-19-17(31)16(30)15(29)8(7-28)36-19/h8,15-17,19,28-31H,1-7H2,(H,25,32)/t8?,15-,16+,17?,19-/m1/s1. The maximum atomic E-state index is 13.9. The fourth-order valence-corrected chi connectivity index (χ4v) is 3.03. The van der Waals surface area contributed by atoms with Gasteiger partial charge in [-0.15, -0.1) is 0 Å². The Morgan fingerprint density at radius 1 is 0.944 bits per heavy atom. The Hall–Kier alpha value is -2.60. The van der Waals surface area contributed by atoms with E-state index in [2.05, 4.69) is 10.0 Å². The van der Waals surface area contributed by atoms with Crippen LogP contribution in [0, 0.1) is 23.3 Å². The van der Waals surface area contributed by atoms with Crippen LogP contribution in [-0.2, 0) is 18.9 Å². The van der Waals surface area contributed by atoms with Crippen molar-refractivity contribution in [2.75, 3.05) is 46.2 Å². The number of hydrogen-bond acceptors (Lipinski definition) is 10. The van der Waals surface area contributed by atoms with E-state index in [9.17, 15) is 37.7 Å². The van der Waals surface area contributed by atoms with E-state index in [-0.39, 0.29) is 39.6 Å². The van der Waals surface area contributed by atoms with E-state index in [0.29, 0.717) is 0 Å². The lowest BCUT2D eigenvalue weighted by atomic mass is 9.99. The molecule has 1 aliphatic heterocycles. The monoisotopic (exact) mass is 528 g/mol. The van der Waals surface area contributed by atoms with Gasteiger partial charge in [0.2, 0.25) is 0 Å². The quantitative estimate of drug-likeness (QED) is 0.0573. The van der Waals surface area contributed by atoms with Crippen molar-refractivity contribution in [1.29, 1.82) is 0 Å². The van der Waals surface area contributed by atoms with Gasteiger partial charge in [-0.2, -0.15) is 0 Å². The molecule has 1 fully saturated rings. The Morgan fingerprint density at radius 2 is 1.53 bits per heavy atom. The molecule has 1 amide bonds. The molecule has 0 spiro atoms. The molecule has 0 aliphatic carbocycles. The molecule has 2 rings (SSSR count). The van der Waals surface area contributed by atoms with Crippen molar-refractivity contribution in [3.05, 3.63) is 39.3 Å². The Labute approximate surface area is 200 Å². The Balaban J connectivity index is 1.64. The van der Waals surface area contributed by atoms with Crippen molar-refractivity contribution in [2.24, 2.45) is 5.11 Å². The van der Waals surface area contributed by atoms with Crippen molar-refractivity contribution >= 4 is 11.6 Å². The first-order valence-electron chi connectivity index (χ1n) is 10.4. The van der Waals surface area contributed by atoms with Crippen molar-refractivity contribution in [2.45, 2.75) is 30.7 Å². The molecule has 5 N–H and O–H groups in total. The summed E-state index contributed by atoms with van der Waals surface area (Å²) in [6, 6.07) is 0. The summed E-state index contributed by atoms with van der Waals surface area (Å²) in [5.41, 5.74) is 5.15. The lowest BCUT2D eigenvalue weighted by molar-refractivity contribution is -0.302. The van der Waals surface area contributed by atoms with Crippen molar-refractivity contribution in [3.63, 3.8) is 0 Å². The minimum absolute atomic E-state index is 0.0106. The number of nitrogens with one attached hydrogen (secondary N) is 1. The van der Waals surface area contributed by atoms with Gasteiger partial charge in [-0.1, -0.05) is 5.11 Å². The molecule has 202 valence electrons. The van der Waals surface area contributed by atoms with Gasteiger partial charge in [-0.3, -0.25) is 4.79 Å². The fourth-order valence-electron chi connectivity index (χ4n) is 3.03. The summed E-state index contributed by atoms with van der Waals surface area (Å²) in [7, 11) is 0. The summed E-state index contributed by atoms with van der Waals surface area (Å²) >= 11 is 0. The highest BCUT2D eigenvalue weighted by Crippen LogP contribution is 2.30. The second kappa shape index (κ2) is 14.2. The van der Waals surface area contributed by atoms with Crippen LogP contribution in [0.4, 0.5) is 23.2 Å². The van der Waals surface area contributed by atoms with Gasteiger partial charge in [0, 0.05) is 11.5 Å². The van der Waals surface area contributed by atoms with Gasteiger partial charge in [0.25, 0.3) is 5.91 Å². The third kappa shape index (κ3) is 7.22. The number of ether oxygens (including phenoxy) is 4. The van der Waals surface area contributed by atoms with E-state index >= 15 is 0 Å². The molecule has 1 aromatic carbocycles. The zero-order valence-electron chi connectivity index (χ0n) is 18.5. The number of nitrogens with zero attached hydrogens (tertiary/aromatic N) is 3. The molecule has 1 aromatic rings. The molecule has 13 nitrogen and oxygen atoms in total. The van der Waals surface area contributed by atoms with Gasteiger partial charge >= 0.3 is 0 Å². The van der Waals surface area contributed by atoms with Gasteiger partial charge in [-0.25, -0.2) is 17.6 Å². The molecule has 17 heteroatoms. The summed E-state index contributed by atoms with van der Waals surface area (Å²) in [5, 5.41) is 42.8. The number of hydrogen-bond donors (Lipinski definition) is 5. The molecule has 5 atom stereocenters. The number of carbonyl (C=O) groups excluding carboxylic acids is 1. The van der Waals surface area contributed by atoms with E-state index in [1.807, 2.05) is 5.32 Å². The van der Waals surface area contributed by atoms with Crippen molar-refractivity contribution < 1.29 is 61.7 Å². The van der Waals surface area contributed by atoms with E-state index in [1.165, 1.54) is 0 Å². The Bertz CT molecular complexity index is 923. The second-order valence-corrected chi connectivity index (χ2v) is 7.22. The first-order valence-corrected chi connectivity index (χ1v) is 10.4. The molecule has 1 heterocycles. The molecular formula is C19H24F4N4O9. The number of benzene rings is 1. The Kier molecular flexibility index (Phi) is 11.7. The summed E-state index contributed by atoms with van der Waals surface area (Å²) in [6.07, 6.45) is -7.02. The molecule has 1 saturated heterocycles. The van der Waals surface area contributed by atoms with E-state index in [4.69, 9.17) is 29.6 Å². The molecule has 0 aromatic heterocycles. The minimum atomic E-state index is -2.02. The molecule has 0 saturated carbocycles. The summed E-state index contributed by atoms with van der Waals surface area (Å²) in [5.74, 6) is -9.52. The van der Waals surface area contributed by atoms with Crippen LogP contribution in [0.5, 0.6) is 0 Å². The van der Waals surface area contributed by atoms with Crippen molar-refractivity contribution in [3.8, 4) is 0 Å². The van der Waals surface area contributed by atoms with E-state index in [0.717, 1.165) is 0 Å². The lowest BCUT2D eigenvalue weighted by Gasteiger charge is -2.39. The Morgan fingerprint density at radius 3 is 2.11 bits per heavy atom. The smallest absolute Gasteiger partial charge is 0.257 e. The number of rotatable bonds is 13. The van der Waals surface area contributed by atoms with Crippen LogP contribution in [0.25, 0.3) is 10.4 Å². The average Bonchev–Trinajstić information content (AvgIpc) is 2.86. The lowest BCUT2D eigenvalue weighted by Crippen LogP contribution is -2.59. The topological polar surface area (TPSA) is 196 Å². The van der Waals surface area contributed by atoms with Gasteiger partial charge in [0.1, 0.15) is 35.7 Å². The first-order chi connectivity index (χ1) is 17.1. The van der Waals surface area contributed by atoms with Crippen LogP contribution in [0.3, 0.4) is 0 Å². The maximum Gasteiger partial charge on any atom is 0.257 e. The first kappa shape index (κ1) is 29.6. The van der Waals surface area contributed by atoms with Gasteiger partial charge in [0.15, 0.2) is 29.6 Å². The van der Waals surface area contributed by atoms with Crippen LogP contribution >= 0.6 is 0 Å². The predicted octanol–water partition coefficient (Wildman–Crippen LogP) is -0.236. The van der Waals surface area contributed by atoms with E-state index < -0.39 is 77.7 Å². The van der Waals surface area contributed by atoms with Crippen LogP contribution in [0.15, 0.2) is 5.11 Å². The number of aliphatic hydroxyl groups is 4. The number of aliphatic hydroxyl groups excluding tert-OH is 4. The third-order valence-corrected chi connectivity index (χ3v) is 4.87. The molecule has 2 unspecified atom stereocenters. The largest absolute Gasteiger partial charge is 0.394 e. The zero-order chi connectivity index (χ0) is 26.8.